The fourth-order valence-corrected chi connectivity index (χ4v) is 1.50. The van der Waals surface area contributed by atoms with E-state index in [4.69, 9.17) is 11.0 Å². The first-order valence-electron chi connectivity index (χ1n) is 5.42. The van der Waals surface area contributed by atoms with Crippen molar-refractivity contribution in [2.45, 2.75) is 20.8 Å². The number of nitrogens with zero attached hydrogens (tertiary/aromatic N) is 1. The second-order valence-electron chi connectivity index (χ2n) is 3.07. The minimum absolute atomic E-state index is 0.572. The fraction of sp³-hybridized carbons (Fsp3) is 0.214. The lowest BCUT2D eigenvalue weighted by Gasteiger charge is -2.01. The molecule has 0 bridgehead atoms. The van der Waals surface area contributed by atoms with Crippen molar-refractivity contribution in [3.05, 3.63) is 52.4 Å². The Morgan fingerprint density at radius 2 is 1.88 bits per heavy atom. The maximum atomic E-state index is 8.65. The average molecular weight is 246 g/mol. The lowest BCUT2D eigenvalue weighted by molar-refractivity contribution is 1.47. The van der Waals surface area contributed by atoms with Crippen molar-refractivity contribution in [2.75, 3.05) is 0 Å². The molecule has 2 nitrogen and oxygen atoms in total. The topological polar surface area (TPSA) is 49.8 Å². The average Bonchev–Trinajstić information content (AvgIpc) is 2.38. The van der Waals surface area contributed by atoms with Gasteiger partial charge in [-0.2, -0.15) is 5.26 Å². The normalized spacial score (nSPS) is 9.88. The highest BCUT2D eigenvalue weighted by atomic mass is 32.2. The molecule has 0 atom stereocenters. The second kappa shape index (κ2) is 8.49. The number of benzene rings is 1. The van der Waals surface area contributed by atoms with Crippen LogP contribution >= 0.6 is 11.8 Å². The molecule has 0 fully saturated rings. The first kappa shape index (κ1) is 15.3. The molecule has 0 radical (unpaired) electrons. The molecule has 90 valence electrons. The number of nitriles is 1. The van der Waals surface area contributed by atoms with Gasteiger partial charge in [0, 0.05) is 0 Å². The number of hydrogen-bond acceptors (Lipinski definition) is 3. The van der Waals surface area contributed by atoms with Crippen LogP contribution in [-0.4, -0.2) is 0 Å². The molecule has 1 aromatic rings. The van der Waals surface area contributed by atoms with Gasteiger partial charge in [0.15, 0.2) is 0 Å². The molecule has 0 saturated carbocycles. The molecule has 1 aromatic carbocycles. The fourth-order valence-electron chi connectivity index (χ4n) is 1.04. The third-order valence-electron chi connectivity index (χ3n) is 1.86. The number of allylic oxidation sites excluding steroid dienone is 1. The Morgan fingerprint density at radius 1 is 1.35 bits per heavy atom. The van der Waals surface area contributed by atoms with E-state index in [9.17, 15) is 0 Å². The molecular weight excluding hydrogens is 228 g/mol. The zero-order valence-corrected chi connectivity index (χ0v) is 11.3. The predicted octanol–water partition coefficient (Wildman–Crippen LogP) is 4.11. The Kier molecular flexibility index (Phi) is 7.66. The van der Waals surface area contributed by atoms with Crippen molar-refractivity contribution < 1.29 is 0 Å². The van der Waals surface area contributed by atoms with Crippen LogP contribution in [0.3, 0.4) is 0 Å². The quantitative estimate of drug-likeness (QED) is 0.873. The van der Waals surface area contributed by atoms with Crippen LogP contribution in [0.25, 0.3) is 5.57 Å². The summed E-state index contributed by atoms with van der Waals surface area (Å²) in [5, 5.41) is 11.2. The Balaban J connectivity index is 0.00000121. The van der Waals surface area contributed by atoms with Crippen molar-refractivity contribution in [3.63, 3.8) is 0 Å². The van der Waals surface area contributed by atoms with Crippen LogP contribution in [0.5, 0.6) is 0 Å². The molecule has 0 amide bonds. The molecule has 2 N–H and O–H groups in total. The Hall–Kier alpha value is -1.66. The molecule has 0 aliphatic carbocycles. The van der Waals surface area contributed by atoms with Gasteiger partial charge in [-0.15, -0.1) is 0 Å². The van der Waals surface area contributed by atoms with Crippen LogP contribution in [0, 0.1) is 11.3 Å². The summed E-state index contributed by atoms with van der Waals surface area (Å²) in [5.41, 5.74) is 8.31. The highest BCUT2D eigenvalue weighted by Crippen LogP contribution is 2.20. The summed E-state index contributed by atoms with van der Waals surface area (Å²) in [4.78, 5) is 0. The maximum Gasteiger partial charge on any atom is 0.0991 e. The third kappa shape index (κ3) is 5.84. The summed E-state index contributed by atoms with van der Waals surface area (Å²) in [6, 6.07) is 9.53. The van der Waals surface area contributed by atoms with Gasteiger partial charge in [-0.1, -0.05) is 44.3 Å². The zero-order chi connectivity index (χ0) is 13.3. The summed E-state index contributed by atoms with van der Waals surface area (Å²) in [7, 11) is 0. The maximum absolute atomic E-state index is 8.65. The SMILES string of the molecule is C=C(N)S/C=C(\C)c1ccc(C#N)cc1.CC. The molecule has 0 saturated heterocycles. The van der Waals surface area contributed by atoms with E-state index < -0.39 is 0 Å². The van der Waals surface area contributed by atoms with Crippen molar-refractivity contribution >= 4 is 17.3 Å². The van der Waals surface area contributed by atoms with Gasteiger partial charge in [-0.05, 0) is 35.6 Å². The smallest absolute Gasteiger partial charge is 0.0991 e. The van der Waals surface area contributed by atoms with Crippen LogP contribution in [-0.2, 0) is 0 Å². The summed E-state index contributed by atoms with van der Waals surface area (Å²) >= 11 is 1.40. The summed E-state index contributed by atoms with van der Waals surface area (Å²) in [5.74, 6) is 0. The number of hydrogen-bond donors (Lipinski definition) is 1. The van der Waals surface area contributed by atoms with Crippen molar-refractivity contribution in [2.24, 2.45) is 5.73 Å². The first-order valence-corrected chi connectivity index (χ1v) is 6.30. The van der Waals surface area contributed by atoms with Gasteiger partial charge in [-0.3, -0.25) is 0 Å². The molecule has 0 heterocycles. The van der Waals surface area contributed by atoms with Crippen molar-refractivity contribution in [1.82, 2.24) is 0 Å². The van der Waals surface area contributed by atoms with Gasteiger partial charge < -0.3 is 5.73 Å². The largest absolute Gasteiger partial charge is 0.394 e. The lowest BCUT2D eigenvalue weighted by atomic mass is 10.1. The van der Waals surface area contributed by atoms with E-state index in [1.165, 1.54) is 11.8 Å². The zero-order valence-electron chi connectivity index (χ0n) is 10.5. The summed E-state index contributed by atoms with van der Waals surface area (Å²) < 4.78 is 0. The van der Waals surface area contributed by atoms with Crippen molar-refractivity contribution in [1.29, 1.82) is 5.26 Å². The number of nitrogens with two attached hydrogens (primary N) is 1. The van der Waals surface area contributed by atoms with E-state index in [1.54, 1.807) is 12.1 Å². The molecule has 0 aromatic heterocycles. The van der Waals surface area contributed by atoms with Gasteiger partial charge in [-0.25, -0.2) is 0 Å². The number of rotatable bonds is 3. The van der Waals surface area contributed by atoms with Gasteiger partial charge in [0.25, 0.3) is 0 Å². The van der Waals surface area contributed by atoms with Gasteiger partial charge >= 0.3 is 0 Å². The van der Waals surface area contributed by atoms with E-state index in [1.807, 2.05) is 38.3 Å². The Bertz CT molecular complexity index is 425. The molecule has 0 aliphatic heterocycles. The highest BCUT2D eigenvalue weighted by molar-refractivity contribution is 8.05. The molecule has 0 unspecified atom stereocenters. The summed E-state index contributed by atoms with van der Waals surface area (Å²) in [6.07, 6.45) is 0. The van der Waals surface area contributed by atoms with Crippen LogP contribution in [0.15, 0.2) is 41.3 Å². The molecule has 17 heavy (non-hydrogen) atoms. The first-order chi connectivity index (χ1) is 8.13. The summed E-state index contributed by atoms with van der Waals surface area (Å²) in [6.45, 7) is 9.60. The van der Waals surface area contributed by atoms with E-state index in [2.05, 4.69) is 12.6 Å². The van der Waals surface area contributed by atoms with Gasteiger partial charge in [0.05, 0.1) is 16.7 Å². The van der Waals surface area contributed by atoms with Gasteiger partial charge in [0.2, 0.25) is 0 Å². The minimum Gasteiger partial charge on any atom is -0.394 e. The van der Waals surface area contributed by atoms with Crippen molar-refractivity contribution in [3.8, 4) is 6.07 Å². The molecular formula is C14H18N2S. The van der Waals surface area contributed by atoms with Crippen LogP contribution in [0.2, 0.25) is 0 Å². The Labute approximate surface area is 108 Å². The molecule has 1 rings (SSSR count). The lowest BCUT2D eigenvalue weighted by Crippen LogP contribution is -1.86. The van der Waals surface area contributed by atoms with E-state index in [-0.39, 0.29) is 0 Å². The standard InChI is InChI=1S/C12H12N2S.C2H6/c1-9(8-15-10(2)14)12-5-3-11(7-13)4-6-12;1-2/h3-6,8H,2,14H2,1H3;1-2H3/b9-8+;. The molecule has 0 aliphatic rings. The molecule has 3 heteroatoms. The predicted molar refractivity (Wildman–Crippen MR) is 77.1 cm³/mol. The molecule has 0 spiro atoms. The second-order valence-corrected chi connectivity index (χ2v) is 4.07. The van der Waals surface area contributed by atoms with Crippen LogP contribution in [0.4, 0.5) is 0 Å². The van der Waals surface area contributed by atoms with Crippen LogP contribution in [0.1, 0.15) is 31.9 Å². The highest BCUT2D eigenvalue weighted by Gasteiger charge is 1.96. The number of thioether (sulfide) groups is 1. The van der Waals surface area contributed by atoms with Gasteiger partial charge in [0.1, 0.15) is 0 Å². The van der Waals surface area contributed by atoms with E-state index in [0.29, 0.717) is 10.6 Å². The third-order valence-corrected chi connectivity index (χ3v) is 2.63. The van der Waals surface area contributed by atoms with E-state index >= 15 is 0 Å². The Morgan fingerprint density at radius 3 is 2.29 bits per heavy atom. The van der Waals surface area contributed by atoms with Crippen LogP contribution < -0.4 is 5.73 Å². The monoisotopic (exact) mass is 246 g/mol. The minimum atomic E-state index is 0.572. The van der Waals surface area contributed by atoms with E-state index in [0.717, 1.165) is 11.1 Å².